The van der Waals surface area contributed by atoms with Crippen LogP contribution in [0.5, 0.6) is 5.75 Å². The molecule has 2 aromatic rings. The van der Waals surface area contributed by atoms with Crippen molar-refractivity contribution >= 4 is 0 Å². The van der Waals surface area contributed by atoms with Crippen molar-refractivity contribution in [3.8, 4) is 11.8 Å². The van der Waals surface area contributed by atoms with Gasteiger partial charge in [0.1, 0.15) is 29.0 Å². The second kappa shape index (κ2) is 11.0. The van der Waals surface area contributed by atoms with E-state index in [1.165, 1.54) is 69.6 Å². The van der Waals surface area contributed by atoms with Crippen LogP contribution in [0.2, 0.25) is 0 Å². The third-order valence-electron chi connectivity index (χ3n) is 8.12. The Hall–Kier alpha value is -2.55. The lowest BCUT2D eigenvalue weighted by molar-refractivity contribution is -0.185. The second-order valence-electron chi connectivity index (χ2n) is 10.5. The van der Waals surface area contributed by atoms with Gasteiger partial charge in [0.05, 0.1) is 5.56 Å². The summed E-state index contributed by atoms with van der Waals surface area (Å²) < 4.78 is 61.2. The first-order chi connectivity index (χ1) is 16.7. The lowest BCUT2D eigenvalue weighted by Crippen LogP contribution is -2.25. The number of ether oxygens (including phenoxy) is 1. The zero-order valence-corrected chi connectivity index (χ0v) is 20.2. The van der Waals surface area contributed by atoms with Crippen molar-refractivity contribution in [3.05, 3.63) is 64.7 Å². The van der Waals surface area contributed by atoms with Gasteiger partial charge in [0, 0.05) is 0 Å². The molecule has 2 fully saturated rings. The number of hydrogen-bond donors (Lipinski definition) is 0. The number of halogens is 4. The summed E-state index contributed by atoms with van der Waals surface area (Å²) in [4.78, 5) is 0. The number of nitriles is 1. The number of alkyl halides is 2. The summed E-state index contributed by atoms with van der Waals surface area (Å²) in [6.45, 7) is 2.37. The highest BCUT2D eigenvalue weighted by Gasteiger charge is 2.36. The molecule has 2 aliphatic carbocycles. The van der Waals surface area contributed by atoms with Gasteiger partial charge < -0.3 is 4.74 Å². The first kappa shape index (κ1) is 25.5. The zero-order valence-electron chi connectivity index (χ0n) is 20.2. The predicted octanol–water partition coefficient (Wildman–Crippen LogP) is 8.53. The highest BCUT2D eigenvalue weighted by atomic mass is 19.3. The molecule has 0 radical (unpaired) electrons. The quantitative estimate of drug-likeness (QED) is 0.367. The summed E-state index contributed by atoms with van der Waals surface area (Å²) in [6.07, 6.45) is 8.85. The maximum atomic E-state index is 14.5. The Morgan fingerprint density at radius 1 is 0.886 bits per heavy atom. The van der Waals surface area contributed by atoms with E-state index in [0.29, 0.717) is 12.1 Å². The molecule has 0 spiro atoms. The van der Waals surface area contributed by atoms with Gasteiger partial charge in [-0.15, -0.1) is 0 Å². The highest BCUT2D eigenvalue weighted by Crippen LogP contribution is 2.42. The van der Waals surface area contributed by atoms with Crippen molar-refractivity contribution in [2.75, 3.05) is 0 Å². The Morgan fingerprint density at radius 3 is 1.97 bits per heavy atom. The summed E-state index contributed by atoms with van der Waals surface area (Å²) in [5.41, 5.74) is -0.820. The maximum absolute atomic E-state index is 14.5. The molecule has 0 aromatic heterocycles. The third kappa shape index (κ3) is 6.37. The number of rotatable bonds is 7. The molecular weight excluding hydrogens is 454 g/mol. The van der Waals surface area contributed by atoms with E-state index in [0.717, 1.165) is 42.1 Å². The van der Waals surface area contributed by atoms with Crippen molar-refractivity contribution in [2.24, 2.45) is 23.7 Å². The molecule has 4 rings (SSSR count). The van der Waals surface area contributed by atoms with E-state index in [2.05, 4.69) is 6.92 Å². The van der Waals surface area contributed by atoms with Gasteiger partial charge in [0.2, 0.25) is 0 Å². The smallest absolute Gasteiger partial charge is 0.426 e. The molecule has 2 aliphatic rings. The Bertz CT molecular complexity index is 1010. The second-order valence-corrected chi connectivity index (χ2v) is 10.5. The standard InChI is InChI=1S/C29H33F4NO/c1-19-2-10-22(11-3-19)23-12-6-20(7-13-23)4-5-21-8-14-25(15-9-21)35-29(32,33)24-16-27(30)26(18-34)28(31)17-24/h8-9,14-17,19-20,22-23H,2-7,10-13H2,1H3. The summed E-state index contributed by atoms with van der Waals surface area (Å²) in [6, 6.07) is 8.62. The highest BCUT2D eigenvalue weighted by molar-refractivity contribution is 5.37. The van der Waals surface area contributed by atoms with Gasteiger partial charge in [0.25, 0.3) is 0 Å². The average molecular weight is 488 g/mol. The van der Waals surface area contributed by atoms with Crippen LogP contribution in [-0.2, 0) is 12.5 Å². The van der Waals surface area contributed by atoms with Gasteiger partial charge in [-0.3, -0.25) is 0 Å². The number of benzene rings is 2. The van der Waals surface area contributed by atoms with Crippen LogP contribution in [0, 0.1) is 46.6 Å². The fourth-order valence-corrected chi connectivity index (χ4v) is 5.86. The van der Waals surface area contributed by atoms with E-state index in [1.54, 1.807) is 12.1 Å². The average Bonchev–Trinajstić information content (AvgIpc) is 2.84. The molecule has 188 valence electrons. The summed E-state index contributed by atoms with van der Waals surface area (Å²) in [5, 5.41) is 8.71. The molecule has 0 saturated heterocycles. The van der Waals surface area contributed by atoms with Crippen molar-refractivity contribution in [3.63, 3.8) is 0 Å². The SMILES string of the molecule is CC1CCC(C2CCC(CCc3ccc(OC(F)(F)c4cc(F)c(C#N)c(F)c4)cc3)CC2)CC1. The van der Waals surface area contributed by atoms with Crippen LogP contribution in [-0.4, -0.2) is 0 Å². The zero-order chi connectivity index (χ0) is 25.0. The lowest BCUT2D eigenvalue weighted by Gasteiger charge is -2.37. The minimum absolute atomic E-state index is 0.0914. The van der Waals surface area contributed by atoms with Crippen LogP contribution >= 0.6 is 0 Å². The predicted molar refractivity (Wildman–Crippen MR) is 127 cm³/mol. The summed E-state index contributed by atoms with van der Waals surface area (Å²) in [5.74, 6) is 0.658. The van der Waals surface area contributed by atoms with E-state index >= 15 is 0 Å². The molecule has 2 nitrogen and oxygen atoms in total. The maximum Gasteiger partial charge on any atom is 0.426 e. The fraction of sp³-hybridized carbons (Fsp3) is 0.552. The van der Waals surface area contributed by atoms with Gasteiger partial charge in [-0.1, -0.05) is 44.7 Å². The van der Waals surface area contributed by atoms with Crippen LogP contribution in [0.15, 0.2) is 36.4 Å². The summed E-state index contributed by atoms with van der Waals surface area (Å²) in [7, 11) is 0. The number of aryl methyl sites for hydroxylation is 1. The van der Waals surface area contributed by atoms with Crippen molar-refractivity contribution in [1.82, 2.24) is 0 Å². The van der Waals surface area contributed by atoms with E-state index in [1.807, 2.05) is 0 Å². The molecule has 35 heavy (non-hydrogen) atoms. The molecule has 2 saturated carbocycles. The Kier molecular flexibility index (Phi) is 8.04. The molecular formula is C29H33F4NO. The van der Waals surface area contributed by atoms with E-state index in [4.69, 9.17) is 10.00 Å². The van der Waals surface area contributed by atoms with Crippen LogP contribution < -0.4 is 4.74 Å². The Labute approximate surface area is 205 Å². The largest absolute Gasteiger partial charge is 0.429 e. The lowest BCUT2D eigenvalue weighted by atomic mass is 9.69. The van der Waals surface area contributed by atoms with Crippen LogP contribution in [0.1, 0.15) is 81.4 Å². The number of hydrogen-bond acceptors (Lipinski definition) is 2. The van der Waals surface area contributed by atoms with E-state index in [-0.39, 0.29) is 5.75 Å². The number of nitrogens with zero attached hydrogens (tertiary/aromatic N) is 1. The molecule has 0 atom stereocenters. The molecule has 2 aromatic carbocycles. The molecule has 0 heterocycles. The molecule has 0 amide bonds. The van der Waals surface area contributed by atoms with E-state index in [9.17, 15) is 17.6 Å². The van der Waals surface area contributed by atoms with Crippen LogP contribution in [0.3, 0.4) is 0 Å². The molecule has 0 N–H and O–H groups in total. The first-order valence-corrected chi connectivity index (χ1v) is 12.8. The summed E-state index contributed by atoms with van der Waals surface area (Å²) >= 11 is 0. The van der Waals surface area contributed by atoms with Gasteiger partial charge in [-0.25, -0.2) is 8.78 Å². The van der Waals surface area contributed by atoms with Crippen molar-refractivity contribution in [1.29, 1.82) is 5.26 Å². The monoisotopic (exact) mass is 487 g/mol. The van der Waals surface area contributed by atoms with Crippen LogP contribution in [0.25, 0.3) is 0 Å². The molecule has 0 aliphatic heterocycles. The molecule has 6 heteroatoms. The minimum atomic E-state index is -3.94. The van der Waals surface area contributed by atoms with Crippen LogP contribution in [0.4, 0.5) is 17.6 Å². The Balaban J connectivity index is 1.26. The van der Waals surface area contributed by atoms with E-state index < -0.39 is 28.9 Å². The first-order valence-electron chi connectivity index (χ1n) is 12.8. The third-order valence-corrected chi connectivity index (χ3v) is 8.12. The minimum Gasteiger partial charge on any atom is -0.429 e. The van der Waals surface area contributed by atoms with Crippen molar-refractivity contribution < 1.29 is 22.3 Å². The topological polar surface area (TPSA) is 33.0 Å². The fourth-order valence-electron chi connectivity index (χ4n) is 5.86. The Morgan fingerprint density at radius 2 is 1.43 bits per heavy atom. The molecule has 0 unspecified atom stereocenters. The molecule has 0 bridgehead atoms. The van der Waals surface area contributed by atoms with Crippen molar-refractivity contribution in [2.45, 2.75) is 77.2 Å². The van der Waals surface area contributed by atoms with Gasteiger partial charge in [-0.2, -0.15) is 14.0 Å². The van der Waals surface area contributed by atoms with Gasteiger partial charge >= 0.3 is 6.11 Å². The van der Waals surface area contributed by atoms with Gasteiger partial charge in [0.15, 0.2) is 0 Å². The van der Waals surface area contributed by atoms with Gasteiger partial charge in [-0.05, 0) is 92.0 Å². The normalized spacial score (nSPS) is 25.1.